The Hall–Kier alpha value is -2.91. The average molecular weight is 318 g/mol. The van der Waals surface area contributed by atoms with E-state index in [4.69, 9.17) is 11.6 Å². The molecule has 24 heavy (non-hydrogen) atoms. The van der Waals surface area contributed by atoms with Crippen LogP contribution in [0.25, 0.3) is 21.9 Å². The van der Waals surface area contributed by atoms with Gasteiger partial charge in [0.25, 0.3) is 0 Å². The zero-order valence-electron chi connectivity index (χ0n) is 13.5. The second kappa shape index (κ2) is 5.95. The molecule has 0 bridgehead atoms. The topological polar surface area (TPSA) is 58.6 Å². The number of anilines is 1. The van der Waals surface area contributed by atoms with E-state index in [2.05, 4.69) is 20.5 Å². The molecule has 1 unspecified atom stereocenters. The number of aryl methyl sites for hydroxylation is 1. The van der Waals surface area contributed by atoms with Gasteiger partial charge in [0.05, 0.1) is 24.2 Å². The Morgan fingerprint density at radius 3 is 3.12 bits per heavy atom. The summed E-state index contributed by atoms with van der Waals surface area (Å²) in [7, 11) is 0. The van der Waals surface area contributed by atoms with Gasteiger partial charge in [-0.2, -0.15) is 0 Å². The fraction of sp³-hybridized carbons (Fsp3) is 0.278. The third-order valence-electron chi connectivity index (χ3n) is 4.37. The van der Waals surface area contributed by atoms with Crippen LogP contribution in [0.4, 0.5) is 11.5 Å². The third-order valence-corrected chi connectivity index (χ3v) is 4.37. The third kappa shape index (κ3) is 2.59. The summed E-state index contributed by atoms with van der Waals surface area (Å²) in [6.07, 6.45) is 4.75. The minimum absolute atomic E-state index is 0.423. The fourth-order valence-corrected chi connectivity index (χ4v) is 3.06. The first kappa shape index (κ1) is 14.7. The van der Waals surface area contributed by atoms with E-state index in [0.717, 1.165) is 47.9 Å². The molecule has 0 aromatic carbocycles. The van der Waals surface area contributed by atoms with Crippen molar-refractivity contribution in [2.75, 3.05) is 18.4 Å². The second-order valence-corrected chi connectivity index (χ2v) is 6.07. The van der Waals surface area contributed by atoms with Crippen LogP contribution in [-0.4, -0.2) is 33.5 Å². The molecule has 4 rings (SSSR count). The lowest BCUT2D eigenvalue weighted by Crippen LogP contribution is -2.22. The highest BCUT2D eigenvalue weighted by Gasteiger charge is 2.15. The number of rotatable bonds is 3. The lowest BCUT2D eigenvalue weighted by molar-refractivity contribution is 0.788. The standard InChI is InChI=1S/C18H18N6/c1-12-8-18-21-10-16(24(18)11-15(12)19-2)14-4-3-5-17(23-14)22-13-6-7-20-9-13/h3-5,8,10-11,13,20H,6-7,9H2,1H3,(H,22,23). The van der Waals surface area contributed by atoms with Gasteiger partial charge in [0.1, 0.15) is 11.5 Å². The number of pyridine rings is 2. The maximum Gasteiger partial charge on any atom is 0.206 e. The van der Waals surface area contributed by atoms with Crippen LogP contribution in [-0.2, 0) is 0 Å². The summed E-state index contributed by atoms with van der Waals surface area (Å²) in [4.78, 5) is 12.8. The summed E-state index contributed by atoms with van der Waals surface area (Å²) in [5, 5.41) is 6.82. The molecule has 0 radical (unpaired) electrons. The van der Waals surface area contributed by atoms with Crippen molar-refractivity contribution in [1.82, 2.24) is 19.7 Å². The van der Waals surface area contributed by atoms with Gasteiger partial charge in [0.2, 0.25) is 5.69 Å². The molecular formula is C18H18N6. The van der Waals surface area contributed by atoms with Crippen molar-refractivity contribution >= 4 is 17.2 Å². The Labute approximate surface area is 140 Å². The zero-order chi connectivity index (χ0) is 16.5. The van der Waals surface area contributed by atoms with E-state index in [9.17, 15) is 0 Å². The highest BCUT2D eigenvalue weighted by molar-refractivity contribution is 5.66. The summed E-state index contributed by atoms with van der Waals surface area (Å²) < 4.78 is 1.93. The van der Waals surface area contributed by atoms with Gasteiger partial charge in [-0.25, -0.2) is 14.8 Å². The van der Waals surface area contributed by atoms with E-state index >= 15 is 0 Å². The average Bonchev–Trinajstić information content (AvgIpc) is 3.23. The number of hydrogen-bond donors (Lipinski definition) is 2. The molecule has 120 valence electrons. The van der Waals surface area contributed by atoms with Gasteiger partial charge in [-0.05, 0) is 43.7 Å². The first-order valence-corrected chi connectivity index (χ1v) is 8.04. The van der Waals surface area contributed by atoms with Gasteiger partial charge in [0.15, 0.2) is 0 Å². The van der Waals surface area contributed by atoms with Gasteiger partial charge in [-0.3, -0.25) is 0 Å². The van der Waals surface area contributed by atoms with Crippen molar-refractivity contribution in [3.8, 4) is 11.4 Å². The van der Waals surface area contributed by atoms with Crippen molar-refractivity contribution in [2.24, 2.45) is 0 Å². The highest BCUT2D eigenvalue weighted by Crippen LogP contribution is 2.26. The summed E-state index contributed by atoms with van der Waals surface area (Å²) in [6, 6.07) is 8.31. The van der Waals surface area contributed by atoms with Crippen LogP contribution in [0.15, 0.2) is 36.7 Å². The Balaban J connectivity index is 1.73. The molecule has 6 nitrogen and oxygen atoms in total. The lowest BCUT2D eigenvalue weighted by atomic mass is 10.2. The maximum atomic E-state index is 7.31. The van der Waals surface area contributed by atoms with Crippen molar-refractivity contribution in [3.63, 3.8) is 0 Å². The molecule has 1 aliphatic rings. The summed E-state index contributed by atoms with van der Waals surface area (Å²) in [5.41, 5.74) is 4.14. The molecule has 1 fully saturated rings. The fourth-order valence-electron chi connectivity index (χ4n) is 3.06. The van der Waals surface area contributed by atoms with E-state index in [1.807, 2.05) is 48.0 Å². The molecule has 1 atom stereocenters. The van der Waals surface area contributed by atoms with E-state index < -0.39 is 0 Å². The molecule has 0 spiro atoms. The summed E-state index contributed by atoms with van der Waals surface area (Å²) in [5.74, 6) is 0.869. The number of fused-ring (bicyclic) bond motifs is 1. The molecule has 1 aliphatic heterocycles. The number of aromatic nitrogens is 3. The summed E-state index contributed by atoms with van der Waals surface area (Å²) in [6.45, 7) is 11.3. The molecular weight excluding hydrogens is 300 g/mol. The molecule has 4 heterocycles. The Morgan fingerprint density at radius 2 is 2.33 bits per heavy atom. The smallest absolute Gasteiger partial charge is 0.206 e. The van der Waals surface area contributed by atoms with Crippen molar-refractivity contribution in [2.45, 2.75) is 19.4 Å². The van der Waals surface area contributed by atoms with Gasteiger partial charge in [-0.15, -0.1) is 0 Å². The van der Waals surface area contributed by atoms with E-state index in [1.54, 1.807) is 0 Å². The van der Waals surface area contributed by atoms with Crippen LogP contribution in [0.2, 0.25) is 0 Å². The Kier molecular flexibility index (Phi) is 3.63. The molecule has 3 aromatic rings. The molecule has 0 amide bonds. The number of hydrogen-bond acceptors (Lipinski definition) is 4. The predicted octanol–water partition coefficient (Wildman–Crippen LogP) is 3.03. The van der Waals surface area contributed by atoms with Crippen LogP contribution in [0.1, 0.15) is 12.0 Å². The second-order valence-electron chi connectivity index (χ2n) is 6.07. The van der Waals surface area contributed by atoms with Crippen LogP contribution in [0.5, 0.6) is 0 Å². The molecule has 6 heteroatoms. The minimum Gasteiger partial charge on any atom is -0.366 e. The van der Waals surface area contributed by atoms with Crippen LogP contribution in [0, 0.1) is 13.5 Å². The summed E-state index contributed by atoms with van der Waals surface area (Å²) >= 11 is 0. The van der Waals surface area contributed by atoms with Gasteiger partial charge in [0, 0.05) is 18.8 Å². The predicted molar refractivity (Wildman–Crippen MR) is 94.3 cm³/mol. The highest BCUT2D eigenvalue weighted by atomic mass is 15.1. The Morgan fingerprint density at radius 1 is 1.42 bits per heavy atom. The quantitative estimate of drug-likeness (QED) is 0.729. The molecule has 3 aromatic heterocycles. The number of nitrogens with zero attached hydrogens (tertiary/aromatic N) is 4. The van der Waals surface area contributed by atoms with E-state index in [1.165, 1.54) is 0 Å². The van der Waals surface area contributed by atoms with Crippen LogP contribution >= 0.6 is 0 Å². The first-order valence-electron chi connectivity index (χ1n) is 8.04. The number of imidazole rings is 1. The molecule has 2 N–H and O–H groups in total. The van der Waals surface area contributed by atoms with Crippen molar-refractivity contribution < 1.29 is 0 Å². The van der Waals surface area contributed by atoms with Crippen LogP contribution < -0.4 is 10.6 Å². The molecule has 0 saturated carbocycles. The van der Waals surface area contributed by atoms with Gasteiger partial charge in [-0.1, -0.05) is 6.07 Å². The van der Waals surface area contributed by atoms with Gasteiger partial charge >= 0.3 is 0 Å². The van der Waals surface area contributed by atoms with Gasteiger partial charge < -0.3 is 15.0 Å². The molecule has 1 saturated heterocycles. The minimum atomic E-state index is 0.423. The Bertz CT molecular complexity index is 930. The zero-order valence-corrected chi connectivity index (χ0v) is 13.5. The number of nitrogens with one attached hydrogen (secondary N) is 2. The van der Waals surface area contributed by atoms with Crippen LogP contribution in [0.3, 0.4) is 0 Å². The van der Waals surface area contributed by atoms with E-state index in [0.29, 0.717) is 11.7 Å². The monoisotopic (exact) mass is 318 g/mol. The SMILES string of the molecule is [C-]#[N+]c1cn2c(-c3cccc(NC4CCNC4)n3)cnc2cc1C. The normalized spacial score (nSPS) is 17.1. The molecule has 0 aliphatic carbocycles. The van der Waals surface area contributed by atoms with Crippen molar-refractivity contribution in [1.29, 1.82) is 0 Å². The van der Waals surface area contributed by atoms with Crippen molar-refractivity contribution in [3.05, 3.63) is 53.6 Å². The lowest BCUT2D eigenvalue weighted by Gasteiger charge is -2.12. The van der Waals surface area contributed by atoms with E-state index in [-0.39, 0.29) is 0 Å². The maximum absolute atomic E-state index is 7.31. The largest absolute Gasteiger partial charge is 0.366 e. The first-order chi connectivity index (χ1) is 11.7.